The number of ether oxygens (including phenoxy) is 3. The third kappa shape index (κ3) is 3.83. The maximum atomic E-state index is 13.1. The molecular formula is C15H18F2O4. The molecule has 1 aromatic carbocycles. The van der Waals surface area contributed by atoms with Gasteiger partial charge in [0.25, 0.3) is 0 Å². The second-order valence-corrected chi connectivity index (χ2v) is 5.13. The molecule has 0 bridgehead atoms. The Morgan fingerprint density at radius 3 is 2.67 bits per heavy atom. The molecule has 1 aromatic rings. The van der Waals surface area contributed by atoms with Crippen LogP contribution < -0.4 is 9.47 Å². The van der Waals surface area contributed by atoms with Crippen molar-refractivity contribution in [2.24, 2.45) is 5.92 Å². The van der Waals surface area contributed by atoms with Crippen molar-refractivity contribution >= 4 is 5.97 Å². The molecule has 2 rings (SSSR count). The Morgan fingerprint density at radius 2 is 2.10 bits per heavy atom. The minimum atomic E-state index is -2.58. The van der Waals surface area contributed by atoms with Crippen molar-refractivity contribution in [2.75, 3.05) is 20.8 Å². The molecule has 0 aromatic heterocycles. The highest BCUT2D eigenvalue weighted by Crippen LogP contribution is 2.39. The van der Waals surface area contributed by atoms with Crippen LogP contribution >= 0.6 is 0 Å². The quantitative estimate of drug-likeness (QED) is 0.783. The Labute approximate surface area is 122 Å². The summed E-state index contributed by atoms with van der Waals surface area (Å²) in [6.07, 6.45) is 0.227. The SMILES string of the molecule is COC(=O)c1ccc(OCC2CCC(F)(F)C2)c(OC)c1. The van der Waals surface area contributed by atoms with Crippen LogP contribution in [-0.2, 0) is 4.74 Å². The van der Waals surface area contributed by atoms with Crippen LogP contribution in [0.5, 0.6) is 11.5 Å². The Hall–Kier alpha value is -1.85. The number of halogens is 2. The van der Waals surface area contributed by atoms with E-state index in [1.807, 2.05) is 0 Å². The highest BCUT2D eigenvalue weighted by atomic mass is 19.3. The summed E-state index contributed by atoms with van der Waals surface area (Å²) in [7, 11) is 2.74. The summed E-state index contributed by atoms with van der Waals surface area (Å²) < 4.78 is 41.6. The molecule has 1 saturated carbocycles. The molecule has 1 atom stereocenters. The fourth-order valence-electron chi connectivity index (χ4n) is 2.42. The van der Waals surface area contributed by atoms with Gasteiger partial charge in [0, 0.05) is 12.8 Å². The summed E-state index contributed by atoms with van der Waals surface area (Å²) in [5.74, 6) is -2.41. The summed E-state index contributed by atoms with van der Waals surface area (Å²) in [6.45, 7) is 0.212. The molecule has 116 valence electrons. The third-order valence-electron chi connectivity index (χ3n) is 3.56. The molecule has 0 heterocycles. The van der Waals surface area contributed by atoms with Gasteiger partial charge in [-0.1, -0.05) is 0 Å². The Kier molecular flexibility index (Phi) is 4.65. The molecular weight excluding hydrogens is 282 g/mol. The molecule has 4 nitrogen and oxygen atoms in total. The summed E-state index contributed by atoms with van der Waals surface area (Å²) in [5.41, 5.74) is 0.342. The van der Waals surface area contributed by atoms with Gasteiger partial charge in [0.05, 0.1) is 26.4 Å². The van der Waals surface area contributed by atoms with Crippen LogP contribution in [-0.4, -0.2) is 32.7 Å². The summed E-state index contributed by atoms with van der Waals surface area (Å²) in [6, 6.07) is 4.63. The fourth-order valence-corrected chi connectivity index (χ4v) is 2.42. The normalized spacial score (nSPS) is 20.1. The van der Waals surface area contributed by atoms with Gasteiger partial charge < -0.3 is 14.2 Å². The van der Waals surface area contributed by atoms with Crippen LogP contribution in [0.1, 0.15) is 29.6 Å². The predicted octanol–water partition coefficient (Wildman–Crippen LogP) is 3.30. The van der Waals surface area contributed by atoms with Gasteiger partial charge in [-0.25, -0.2) is 13.6 Å². The van der Waals surface area contributed by atoms with E-state index >= 15 is 0 Å². The van der Waals surface area contributed by atoms with Gasteiger partial charge in [-0.15, -0.1) is 0 Å². The zero-order valence-electron chi connectivity index (χ0n) is 12.0. The van der Waals surface area contributed by atoms with Crippen LogP contribution in [0.2, 0.25) is 0 Å². The van der Waals surface area contributed by atoms with E-state index in [1.165, 1.54) is 20.3 Å². The Balaban J connectivity index is 2.01. The van der Waals surface area contributed by atoms with Gasteiger partial charge in [0.15, 0.2) is 11.5 Å². The van der Waals surface area contributed by atoms with E-state index in [0.29, 0.717) is 23.5 Å². The molecule has 21 heavy (non-hydrogen) atoms. The topological polar surface area (TPSA) is 44.8 Å². The van der Waals surface area contributed by atoms with Crippen molar-refractivity contribution in [3.8, 4) is 11.5 Å². The number of benzene rings is 1. The number of methoxy groups -OCH3 is 2. The molecule has 6 heteroatoms. The molecule has 1 unspecified atom stereocenters. The third-order valence-corrected chi connectivity index (χ3v) is 3.56. The first-order chi connectivity index (χ1) is 9.95. The molecule has 0 saturated heterocycles. The van der Waals surface area contributed by atoms with E-state index in [2.05, 4.69) is 4.74 Å². The highest BCUT2D eigenvalue weighted by Gasteiger charge is 2.39. The smallest absolute Gasteiger partial charge is 0.337 e. The second kappa shape index (κ2) is 6.28. The van der Waals surface area contributed by atoms with E-state index in [1.54, 1.807) is 12.1 Å². The average Bonchev–Trinajstić information content (AvgIpc) is 2.83. The molecule has 0 radical (unpaired) electrons. The first kappa shape index (κ1) is 15.5. The number of carbonyl (C=O) groups excluding carboxylic acids is 1. The van der Waals surface area contributed by atoms with Crippen molar-refractivity contribution in [1.82, 2.24) is 0 Å². The lowest BCUT2D eigenvalue weighted by molar-refractivity contribution is 0.00287. The predicted molar refractivity (Wildman–Crippen MR) is 72.1 cm³/mol. The zero-order valence-corrected chi connectivity index (χ0v) is 12.0. The van der Waals surface area contributed by atoms with Gasteiger partial charge in [-0.05, 0) is 30.5 Å². The summed E-state index contributed by atoms with van der Waals surface area (Å²) in [4.78, 5) is 11.4. The van der Waals surface area contributed by atoms with Crippen molar-refractivity contribution in [1.29, 1.82) is 0 Å². The van der Waals surface area contributed by atoms with E-state index in [9.17, 15) is 13.6 Å². The van der Waals surface area contributed by atoms with Gasteiger partial charge in [0.2, 0.25) is 5.92 Å². The van der Waals surface area contributed by atoms with E-state index in [0.717, 1.165) is 0 Å². The molecule has 0 spiro atoms. The minimum Gasteiger partial charge on any atom is -0.493 e. The van der Waals surface area contributed by atoms with Gasteiger partial charge in [-0.3, -0.25) is 0 Å². The van der Waals surface area contributed by atoms with Gasteiger partial charge in [0.1, 0.15) is 0 Å². The van der Waals surface area contributed by atoms with Crippen LogP contribution in [0, 0.1) is 5.92 Å². The molecule has 0 amide bonds. The number of carbonyl (C=O) groups is 1. The molecule has 0 aliphatic heterocycles. The standard InChI is InChI=1S/C15H18F2O4/c1-19-13-7-11(14(18)20-2)3-4-12(13)21-9-10-5-6-15(16,17)8-10/h3-4,7,10H,5-6,8-9H2,1-2H3. The fraction of sp³-hybridized carbons (Fsp3) is 0.533. The molecule has 0 N–H and O–H groups in total. The molecule has 1 aliphatic carbocycles. The lowest BCUT2D eigenvalue weighted by Crippen LogP contribution is -2.14. The second-order valence-electron chi connectivity index (χ2n) is 5.13. The molecule has 1 fully saturated rings. The van der Waals surface area contributed by atoms with Crippen molar-refractivity contribution in [3.63, 3.8) is 0 Å². The highest BCUT2D eigenvalue weighted by molar-refractivity contribution is 5.90. The van der Waals surface area contributed by atoms with E-state index < -0.39 is 11.9 Å². The number of esters is 1. The Morgan fingerprint density at radius 1 is 1.33 bits per heavy atom. The van der Waals surface area contributed by atoms with E-state index in [-0.39, 0.29) is 25.4 Å². The zero-order chi connectivity index (χ0) is 15.5. The first-order valence-corrected chi connectivity index (χ1v) is 6.72. The largest absolute Gasteiger partial charge is 0.493 e. The summed E-state index contributed by atoms with van der Waals surface area (Å²) >= 11 is 0. The van der Waals surface area contributed by atoms with E-state index in [4.69, 9.17) is 9.47 Å². The molecule has 1 aliphatic rings. The number of alkyl halides is 2. The maximum Gasteiger partial charge on any atom is 0.337 e. The van der Waals surface area contributed by atoms with Crippen LogP contribution in [0.15, 0.2) is 18.2 Å². The van der Waals surface area contributed by atoms with Crippen LogP contribution in [0.4, 0.5) is 8.78 Å². The first-order valence-electron chi connectivity index (χ1n) is 6.72. The van der Waals surface area contributed by atoms with Crippen molar-refractivity contribution in [3.05, 3.63) is 23.8 Å². The van der Waals surface area contributed by atoms with Gasteiger partial charge in [-0.2, -0.15) is 0 Å². The maximum absolute atomic E-state index is 13.1. The number of hydrogen-bond acceptors (Lipinski definition) is 4. The lowest BCUT2D eigenvalue weighted by Gasteiger charge is -2.15. The summed E-state index contributed by atoms with van der Waals surface area (Å²) in [5, 5.41) is 0. The average molecular weight is 300 g/mol. The minimum absolute atomic E-state index is 0.0839. The lowest BCUT2D eigenvalue weighted by atomic mass is 10.1. The van der Waals surface area contributed by atoms with Crippen molar-refractivity contribution < 1.29 is 27.8 Å². The monoisotopic (exact) mass is 300 g/mol. The van der Waals surface area contributed by atoms with Gasteiger partial charge >= 0.3 is 5.97 Å². The van der Waals surface area contributed by atoms with Crippen LogP contribution in [0.25, 0.3) is 0 Å². The number of rotatable bonds is 5. The number of hydrogen-bond donors (Lipinski definition) is 0. The van der Waals surface area contributed by atoms with Crippen molar-refractivity contribution in [2.45, 2.75) is 25.2 Å². The Bertz CT molecular complexity index is 516. The van der Waals surface area contributed by atoms with Crippen LogP contribution in [0.3, 0.4) is 0 Å².